The molecule has 0 radical (unpaired) electrons. The van der Waals surface area contributed by atoms with Crippen LogP contribution >= 0.6 is 0 Å². The van der Waals surface area contributed by atoms with Gasteiger partial charge in [-0.3, -0.25) is 14.2 Å². The summed E-state index contributed by atoms with van der Waals surface area (Å²) in [7, 11) is 0. The van der Waals surface area contributed by atoms with Crippen molar-refractivity contribution >= 4 is 0 Å². The fourth-order valence-corrected chi connectivity index (χ4v) is 1.70. The summed E-state index contributed by atoms with van der Waals surface area (Å²) in [5, 5.41) is 8.20. The van der Waals surface area contributed by atoms with Crippen LogP contribution in [0.2, 0.25) is 0 Å². The van der Waals surface area contributed by atoms with Crippen molar-refractivity contribution in [1.82, 2.24) is 0 Å². The number of halogens is 21. The van der Waals surface area contributed by atoms with Crippen molar-refractivity contribution in [3.63, 3.8) is 0 Å². The second-order valence-corrected chi connectivity index (χ2v) is 6.24. The summed E-state index contributed by atoms with van der Waals surface area (Å²) in [6, 6.07) is 0. The van der Waals surface area contributed by atoms with E-state index in [-0.39, 0.29) is 0 Å². The minimum Gasteiger partial charge on any atom is -0.396 e. The van der Waals surface area contributed by atoms with Gasteiger partial charge in [0.1, 0.15) is 0 Å². The number of alkyl halides is 21. The zero-order valence-electron chi connectivity index (χ0n) is 16.0. The highest BCUT2D eigenvalue weighted by molar-refractivity contribution is 4.96. The SMILES string of the molecule is OCCC(F)(OC(F)(F)C(F)(OC(F)(F)C(F)(OC(F)(F)C(F)(F)F)C(F)(F)F)C(F)(F)F)C(F)(F)F. The highest BCUT2D eigenvalue weighted by Crippen LogP contribution is 2.58. The van der Waals surface area contributed by atoms with Crippen LogP contribution in [-0.2, 0) is 14.2 Å². The minimum atomic E-state index is -8.44. The van der Waals surface area contributed by atoms with Gasteiger partial charge >= 0.3 is 60.6 Å². The van der Waals surface area contributed by atoms with Crippen LogP contribution in [0.5, 0.6) is 0 Å². The molecule has 0 aliphatic rings. The van der Waals surface area contributed by atoms with Gasteiger partial charge in [-0.15, -0.1) is 0 Å². The average molecular weight is 612 g/mol. The summed E-state index contributed by atoms with van der Waals surface area (Å²) >= 11 is 0. The van der Waals surface area contributed by atoms with Gasteiger partial charge in [-0.1, -0.05) is 0 Å². The molecule has 0 saturated heterocycles. The first kappa shape index (κ1) is 35.4. The highest BCUT2D eigenvalue weighted by Gasteiger charge is 2.86. The van der Waals surface area contributed by atoms with Crippen LogP contribution in [0.15, 0.2) is 0 Å². The van der Waals surface area contributed by atoms with Crippen LogP contribution in [0.1, 0.15) is 6.42 Å². The van der Waals surface area contributed by atoms with E-state index in [9.17, 15) is 92.2 Å². The van der Waals surface area contributed by atoms with Gasteiger partial charge in [0.2, 0.25) is 0 Å². The quantitative estimate of drug-likeness (QED) is 0.289. The van der Waals surface area contributed by atoms with Gasteiger partial charge < -0.3 is 5.11 Å². The summed E-state index contributed by atoms with van der Waals surface area (Å²) in [4.78, 5) is 0. The van der Waals surface area contributed by atoms with Gasteiger partial charge in [0, 0.05) is 13.0 Å². The molecule has 1 N–H and O–H groups in total. The number of rotatable bonds is 10. The van der Waals surface area contributed by atoms with Gasteiger partial charge in [0.05, 0.1) is 0 Å². The van der Waals surface area contributed by atoms with Gasteiger partial charge in [-0.25, -0.2) is 4.39 Å². The van der Waals surface area contributed by atoms with Crippen molar-refractivity contribution < 1.29 is 112 Å². The fraction of sp³-hybridized carbons (Fsp3) is 1.00. The molecule has 0 fully saturated rings. The fourth-order valence-electron chi connectivity index (χ4n) is 1.70. The largest absolute Gasteiger partial charge is 0.483 e. The van der Waals surface area contributed by atoms with Crippen molar-refractivity contribution in [2.24, 2.45) is 0 Å². The Labute approximate surface area is 186 Å². The first-order valence-electron chi connectivity index (χ1n) is 7.86. The summed E-state index contributed by atoms with van der Waals surface area (Å²) in [6.45, 7) is -2.31. The van der Waals surface area contributed by atoms with Crippen LogP contribution in [0.4, 0.5) is 92.2 Å². The second-order valence-electron chi connectivity index (χ2n) is 6.24. The standard InChI is InChI=1S/C12H5F21O4/c13-3(1-2-34,6(16,17)18)35-10(28,29)4(14,7(19,20)21)36-11(30,31)5(15,8(22,23)24)37-12(32,33)9(25,26)27/h34H,1-2H2. The van der Waals surface area contributed by atoms with Gasteiger partial charge in [0.15, 0.2) is 0 Å². The first-order chi connectivity index (χ1) is 15.7. The smallest absolute Gasteiger partial charge is 0.396 e. The van der Waals surface area contributed by atoms with E-state index in [4.69, 9.17) is 5.11 Å². The molecular formula is C12H5F21O4. The van der Waals surface area contributed by atoms with Crippen LogP contribution in [0.3, 0.4) is 0 Å². The maximum absolute atomic E-state index is 14.0. The predicted octanol–water partition coefficient (Wildman–Crippen LogP) is 6.44. The third-order valence-corrected chi connectivity index (χ3v) is 3.49. The molecule has 0 spiro atoms. The molecule has 4 nitrogen and oxygen atoms in total. The zero-order chi connectivity index (χ0) is 30.5. The molecular weight excluding hydrogens is 607 g/mol. The molecule has 0 rings (SSSR count). The van der Waals surface area contributed by atoms with Crippen molar-refractivity contribution in [2.45, 2.75) is 67.0 Å². The molecule has 0 bridgehead atoms. The normalized spacial score (nSPS) is 20.3. The summed E-state index contributed by atoms with van der Waals surface area (Å²) in [5.41, 5.74) is 0. The molecule has 0 aromatic carbocycles. The van der Waals surface area contributed by atoms with Crippen molar-refractivity contribution in [2.75, 3.05) is 6.61 Å². The van der Waals surface area contributed by atoms with Crippen LogP contribution in [0, 0.1) is 0 Å². The van der Waals surface area contributed by atoms with Crippen molar-refractivity contribution in [1.29, 1.82) is 0 Å². The Bertz CT molecular complexity index is 782. The van der Waals surface area contributed by atoms with E-state index in [1.54, 1.807) is 0 Å². The van der Waals surface area contributed by atoms with E-state index in [2.05, 4.69) is 0 Å². The first-order valence-corrected chi connectivity index (χ1v) is 7.86. The molecule has 0 amide bonds. The Kier molecular flexibility index (Phi) is 9.11. The van der Waals surface area contributed by atoms with Gasteiger partial charge in [-0.2, -0.15) is 87.8 Å². The Morgan fingerprint density at radius 2 is 0.676 bits per heavy atom. The number of hydrogen-bond donors (Lipinski definition) is 1. The van der Waals surface area contributed by atoms with Gasteiger partial charge in [-0.05, 0) is 0 Å². The average Bonchev–Trinajstić information content (AvgIpc) is 2.56. The molecule has 37 heavy (non-hydrogen) atoms. The lowest BCUT2D eigenvalue weighted by atomic mass is 10.2. The minimum absolute atomic E-state index is 1.15. The molecule has 0 aromatic heterocycles. The molecule has 224 valence electrons. The molecule has 0 heterocycles. The summed E-state index contributed by atoms with van der Waals surface area (Å²) in [6.07, 6.45) is -58.1. The van der Waals surface area contributed by atoms with Crippen LogP contribution in [0.25, 0.3) is 0 Å². The van der Waals surface area contributed by atoms with Crippen molar-refractivity contribution in [3.8, 4) is 0 Å². The summed E-state index contributed by atoms with van der Waals surface area (Å²) < 4.78 is 275. The second kappa shape index (κ2) is 9.53. The highest BCUT2D eigenvalue weighted by atomic mass is 19.4. The van der Waals surface area contributed by atoms with Crippen LogP contribution in [-0.4, -0.2) is 72.3 Å². The van der Waals surface area contributed by atoms with Crippen molar-refractivity contribution in [3.05, 3.63) is 0 Å². The Balaban J connectivity index is 7.02. The zero-order valence-corrected chi connectivity index (χ0v) is 16.0. The third kappa shape index (κ3) is 6.51. The Morgan fingerprint density at radius 3 is 0.919 bits per heavy atom. The lowest BCUT2D eigenvalue weighted by Crippen LogP contribution is -2.69. The lowest BCUT2D eigenvalue weighted by molar-refractivity contribution is -0.578. The molecule has 0 aliphatic heterocycles. The predicted molar refractivity (Wildman–Crippen MR) is 65.5 cm³/mol. The summed E-state index contributed by atoms with van der Waals surface area (Å²) in [5.74, 6) is -23.0. The lowest BCUT2D eigenvalue weighted by Gasteiger charge is -2.42. The maximum Gasteiger partial charge on any atom is 0.483 e. The van der Waals surface area contributed by atoms with E-state index in [1.807, 2.05) is 4.74 Å². The maximum atomic E-state index is 14.0. The van der Waals surface area contributed by atoms with Crippen LogP contribution < -0.4 is 0 Å². The Morgan fingerprint density at radius 1 is 0.378 bits per heavy atom. The monoisotopic (exact) mass is 612 g/mol. The molecule has 3 atom stereocenters. The van der Waals surface area contributed by atoms with E-state index >= 15 is 0 Å². The van der Waals surface area contributed by atoms with E-state index in [0.717, 1.165) is 4.74 Å². The molecule has 0 aromatic rings. The third-order valence-electron chi connectivity index (χ3n) is 3.49. The van der Waals surface area contributed by atoms with E-state index in [1.165, 1.54) is 4.74 Å². The molecule has 0 saturated carbocycles. The number of ether oxygens (including phenoxy) is 3. The number of hydrogen-bond acceptors (Lipinski definition) is 4. The Hall–Kier alpha value is -1.63. The van der Waals surface area contributed by atoms with E-state index < -0.39 is 73.6 Å². The number of aliphatic hydroxyl groups excluding tert-OH is 1. The molecule has 3 unspecified atom stereocenters. The molecule has 0 aliphatic carbocycles. The molecule has 25 heteroatoms. The van der Waals surface area contributed by atoms with E-state index in [0.29, 0.717) is 0 Å². The number of aliphatic hydroxyl groups is 1. The van der Waals surface area contributed by atoms with Gasteiger partial charge in [0.25, 0.3) is 0 Å². The topological polar surface area (TPSA) is 47.9 Å².